The second kappa shape index (κ2) is 7.96. The third-order valence-corrected chi connectivity index (χ3v) is 5.13. The van der Waals surface area contributed by atoms with E-state index in [1.165, 1.54) is 0 Å². The van der Waals surface area contributed by atoms with E-state index in [1.54, 1.807) is 36.5 Å². The van der Waals surface area contributed by atoms with E-state index in [4.69, 9.17) is 12.6 Å². The molecule has 1 aromatic heterocycles. The molecular formula is C19H17BN2O4S. The van der Waals surface area contributed by atoms with Crippen LogP contribution in [0.2, 0.25) is 0 Å². The van der Waals surface area contributed by atoms with E-state index >= 15 is 0 Å². The maximum absolute atomic E-state index is 12.1. The van der Waals surface area contributed by atoms with Crippen LogP contribution in [-0.4, -0.2) is 41.0 Å². The van der Waals surface area contributed by atoms with Crippen LogP contribution in [0.3, 0.4) is 0 Å². The molecule has 0 aliphatic carbocycles. The second-order valence-corrected chi connectivity index (χ2v) is 7.47. The third kappa shape index (κ3) is 4.57. The summed E-state index contributed by atoms with van der Waals surface area (Å²) in [5, 5.41) is 1.74. The molecule has 0 bridgehead atoms. The monoisotopic (exact) mass is 380 g/mol. The average molecular weight is 380 g/mol. The molecule has 3 rings (SSSR count). The zero-order chi connectivity index (χ0) is 19.4. The average Bonchev–Trinajstić information content (AvgIpc) is 2.92. The number of benzene rings is 1. The molecule has 1 fully saturated rings. The van der Waals surface area contributed by atoms with Gasteiger partial charge in [-0.25, -0.2) is 0 Å². The molecule has 136 valence electrons. The molecule has 1 aliphatic rings. The molecule has 0 saturated carbocycles. The number of carbonyl (C=O) groups is 3. The van der Waals surface area contributed by atoms with Gasteiger partial charge in [0.1, 0.15) is 19.3 Å². The lowest BCUT2D eigenvalue weighted by Crippen LogP contribution is -2.38. The summed E-state index contributed by atoms with van der Waals surface area (Å²) >= 11 is 0.785. The van der Waals surface area contributed by atoms with Crippen LogP contribution in [0.4, 0.5) is 4.79 Å². The number of pyridine rings is 1. The van der Waals surface area contributed by atoms with E-state index < -0.39 is 15.8 Å². The Balaban J connectivity index is 1.56. The van der Waals surface area contributed by atoms with Gasteiger partial charge in [-0.2, -0.15) is 0 Å². The zero-order valence-electron chi connectivity index (χ0n) is 14.7. The van der Waals surface area contributed by atoms with Gasteiger partial charge in [-0.1, -0.05) is 36.9 Å². The topological polar surface area (TPSA) is 85.4 Å². The van der Waals surface area contributed by atoms with Crippen molar-refractivity contribution in [2.24, 2.45) is 0 Å². The summed E-state index contributed by atoms with van der Waals surface area (Å²) in [5.74, 6) is -0.187. The second-order valence-electron chi connectivity index (χ2n) is 6.17. The molecule has 0 unspecified atom stereocenters. The van der Waals surface area contributed by atoms with Gasteiger partial charge in [-0.05, 0) is 42.2 Å². The van der Waals surface area contributed by atoms with E-state index in [2.05, 4.69) is 10.3 Å². The Morgan fingerprint density at radius 2 is 1.89 bits per heavy atom. The van der Waals surface area contributed by atoms with Crippen LogP contribution in [0.25, 0.3) is 0 Å². The van der Waals surface area contributed by atoms with Gasteiger partial charge in [0.25, 0.3) is 5.24 Å². The molecule has 1 atom stereocenters. The molecular weight excluding hydrogens is 363 g/mol. The lowest BCUT2D eigenvalue weighted by atomic mass is 9.80. The van der Waals surface area contributed by atoms with Crippen LogP contribution in [0.1, 0.15) is 28.5 Å². The number of nitrogens with zero attached hydrogens (tertiary/aromatic N) is 1. The van der Waals surface area contributed by atoms with Crippen LogP contribution in [0, 0.1) is 0 Å². The number of imide groups is 1. The number of aromatic nitrogens is 1. The number of nitrogens with one attached hydrogen (secondary N) is 1. The molecule has 1 aliphatic heterocycles. The van der Waals surface area contributed by atoms with Crippen molar-refractivity contribution in [1.29, 1.82) is 0 Å². The maximum atomic E-state index is 12.1. The fourth-order valence-electron chi connectivity index (χ4n) is 2.58. The Hall–Kier alpha value is -2.61. The molecule has 8 heteroatoms. The first-order valence-electron chi connectivity index (χ1n) is 8.43. The molecule has 2 amide bonds. The van der Waals surface area contributed by atoms with Gasteiger partial charge >= 0.3 is 0 Å². The Kier molecular flexibility index (Phi) is 5.65. The quantitative estimate of drug-likeness (QED) is 0.586. The van der Waals surface area contributed by atoms with Gasteiger partial charge < -0.3 is 4.74 Å². The summed E-state index contributed by atoms with van der Waals surface area (Å²) in [6.45, 7) is 1.90. The number of hydrogen-bond donors (Lipinski definition) is 1. The molecule has 2 aromatic rings. The van der Waals surface area contributed by atoms with Crippen molar-refractivity contribution in [3.63, 3.8) is 0 Å². The molecule has 1 aromatic carbocycles. The van der Waals surface area contributed by atoms with Gasteiger partial charge in [0.15, 0.2) is 6.61 Å². The summed E-state index contributed by atoms with van der Waals surface area (Å²) in [5.41, 5.74) is 2.21. The fraction of sp³-hybridized carbons (Fsp3) is 0.263. The first-order valence-corrected chi connectivity index (χ1v) is 9.24. The maximum Gasteiger partial charge on any atom is 0.285 e. The highest BCUT2D eigenvalue weighted by Gasteiger charge is 2.42. The molecule has 27 heavy (non-hydrogen) atoms. The minimum Gasteiger partial charge on any atom is -0.485 e. The molecule has 2 heterocycles. The van der Waals surface area contributed by atoms with Crippen molar-refractivity contribution in [2.75, 3.05) is 6.61 Å². The molecule has 6 nitrogen and oxygen atoms in total. The summed E-state index contributed by atoms with van der Waals surface area (Å²) in [4.78, 5) is 39.4. The van der Waals surface area contributed by atoms with Crippen molar-refractivity contribution < 1.29 is 19.1 Å². The molecule has 2 radical (unpaired) electrons. The number of carbonyl (C=O) groups excluding carboxylic acids is 3. The van der Waals surface area contributed by atoms with Gasteiger partial charge in [-0.15, -0.1) is 0 Å². The first kappa shape index (κ1) is 19.2. The highest BCUT2D eigenvalue weighted by Crippen LogP contribution is 2.32. The van der Waals surface area contributed by atoms with Gasteiger partial charge in [0.2, 0.25) is 11.7 Å². The Morgan fingerprint density at radius 3 is 2.44 bits per heavy atom. The minimum atomic E-state index is -1.30. The largest absolute Gasteiger partial charge is 0.485 e. The summed E-state index contributed by atoms with van der Waals surface area (Å²) in [6, 6.07) is 10.5. The van der Waals surface area contributed by atoms with Crippen LogP contribution in [0.5, 0.6) is 5.75 Å². The van der Waals surface area contributed by atoms with E-state index in [-0.39, 0.29) is 18.8 Å². The van der Waals surface area contributed by atoms with Crippen LogP contribution >= 0.6 is 11.8 Å². The van der Waals surface area contributed by atoms with Crippen LogP contribution < -0.4 is 10.1 Å². The highest BCUT2D eigenvalue weighted by atomic mass is 32.2. The first-order chi connectivity index (χ1) is 12.9. The number of thioether (sulfide) groups is 1. The third-order valence-electron chi connectivity index (χ3n) is 4.15. The molecule has 0 spiro atoms. The lowest BCUT2D eigenvalue weighted by Gasteiger charge is -2.18. The standard InChI is InChI=1S/C19H17BN2O4S/c1-2-12-5-8-15(21-10-12)16(23)11-26-14-6-3-13(4-7-14)9-19(20)17(24)22-18(25)27-19/h3-8,10H,2,9,11H2,1H3,(H,22,24,25)/t19-/m0/s1. The lowest BCUT2D eigenvalue weighted by molar-refractivity contribution is -0.119. The van der Waals surface area contributed by atoms with Crippen LogP contribution in [0.15, 0.2) is 42.6 Å². The van der Waals surface area contributed by atoms with Crippen molar-refractivity contribution in [3.05, 3.63) is 59.4 Å². The van der Waals surface area contributed by atoms with Crippen molar-refractivity contribution in [1.82, 2.24) is 10.3 Å². The van der Waals surface area contributed by atoms with Gasteiger partial charge in [0.05, 0.1) is 4.65 Å². The number of Topliss-reactive ketones (excluding diaryl/α,β-unsaturated/α-hetero) is 1. The van der Waals surface area contributed by atoms with Gasteiger partial charge in [-0.3, -0.25) is 24.7 Å². The zero-order valence-corrected chi connectivity index (χ0v) is 15.5. The van der Waals surface area contributed by atoms with E-state index in [1.807, 2.05) is 13.0 Å². The number of amides is 2. The fourth-order valence-corrected chi connectivity index (χ4v) is 3.44. The van der Waals surface area contributed by atoms with E-state index in [0.717, 1.165) is 29.3 Å². The number of aryl methyl sites for hydroxylation is 1. The Labute approximate surface area is 162 Å². The normalized spacial score (nSPS) is 19.0. The highest BCUT2D eigenvalue weighted by molar-refractivity contribution is 8.17. The van der Waals surface area contributed by atoms with Crippen molar-refractivity contribution in [2.45, 2.75) is 24.4 Å². The predicted molar refractivity (Wildman–Crippen MR) is 103 cm³/mol. The SMILES string of the molecule is [B][C@@]1(Cc2ccc(OCC(=O)c3ccc(CC)cn3)cc2)SC(=O)NC1=O. The summed E-state index contributed by atoms with van der Waals surface area (Å²) < 4.78 is 4.21. The van der Waals surface area contributed by atoms with Crippen LogP contribution in [-0.2, 0) is 17.6 Å². The van der Waals surface area contributed by atoms with E-state index in [0.29, 0.717) is 11.4 Å². The number of hydrogen-bond acceptors (Lipinski definition) is 6. The smallest absolute Gasteiger partial charge is 0.285 e. The Morgan fingerprint density at radius 1 is 1.19 bits per heavy atom. The number of ketones is 1. The van der Waals surface area contributed by atoms with Crippen molar-refractivity contribution in [3.8, 4) is 5.75 Å². The predicted octanol–water partition coefficient (Wildman–Crippen LogP) is 2.30. The summed E-state index contributed by atoms with van der Waals surface area (Å²) in [6.07, 6.45) is 2.76. The number of ether oxygens (including phenoxy) is 1. The molecule has 1 saturated heterocycles. The minimum absolute atomic E-state index is 0.120. The van der Waals surface area contributed by atoms with Gasteiger partial charge in [0, 0.05) is 6.20 Å². The molecule has 1 N–H and O–H groups in total. The van der Waals surface area contributed by atoms with E-state index in [9.17, 15) is 14.4 Å². The Bertz CT molecular complexity index is 870. The van der Waals surface area contributed by atoms with Crippen molar-refractivity contribution >= 4 is 36.5 Å². The number of rotatable bonds is 7. The summed E-state index contributed by atoms with van der Waals surface area (Å²) in [7, 11) is 5.99.